The lowest BCUT2D eigenvalue weighted by atomic mass is 10.0. The molecule has 0 radical (unpaired) electrons. The van der Waals surface area contributed by atoms with E-state index in [0.717, 1.165) is 12.8 Å². The van der Waals surface area contributed by atoms with Gasteiger partial charge in [-0.1, -0.05) is 13.0 Å². The van der Waals surface area contributed by atoms with Crippen LogP contribution in [0.3, 0.4) is 0 Å². The van der Waals surface area contributed by atoms with Crippen molar-refractivity contribution in [2.24, 2.45) is 5.92 Å². The molecule has 2 amide bonds. The van der Waals surface area contributed by atoms with Crippen molar-refractivity contribution in [2.75, 3.05) is 32.0 Å². The summed E-state index contributed by atoms with van der Waals surface area (Å²) in [6.07, 6.45) is 1.85. The molecule has 3 rings (SSSR count). The molecular formula is C22H26FN3O4S. The number of nitrogens with one attached hydrogen (secondary N) is 1. The summed E-state index contributed by atoms with van der Waals surface area (Å²) in [6.45, 7) is 2.79. The van der Waals surface area contributed by atoms with Crippen molar-refractivity contribution < 1.29 is 22.4 Å². The summed E-state index contributed by atoms with van der Waals surface area (Å²) in [5.41, 5.74) is 0.569. The van der Waals surface area contributed by atoms with Crippen LogP contribution in [-0.2, 0) is 14.8 Å². The average molecular weight is 448 g/mol. The first-order valence-electron chi connectivity index (χ1n) is 10.1. The van der Waals surface area contributed by atoms with Crippen LogP contribution in [-0.4, -0.2) is 56.1 Å². The zero-order valence-corrected chi connectivity index (χ0v) is 18.4. The van der Waals surface area contributed by atoms with Gasteiger partial charge in [-0.2, -0.15) is 4.31 Å². The molecule has 1 fully saturated rings. The lowest BCUT2D eigenvalue weighted by Gasteiger charge is -2.30. The highest BCUT2D eigenvalue weighted by Gasteiger charge is 2.28. The van der Waals surface area contributed by atoms with Gasteiger partial charge in [-0.15, -0.1) is 0 Å². The van der Waals surface area contributed by atoms with E-state index < -0.39 is 27.7 Å². The summed E-state index contributed by atoms with van der Waals surface area (Å²) >= 11 is 0. The smallest absolute Gasteiger partial charge is 0.254 e. The van der Waals surface area contributed by atoms with Gasteiger partial charge < -0.3 is 10.2 Å². The highest BCUT2D eigenvalue weighted by molar-refractivity contribution is 7.89. The minimum atomic E-state index is -3.60. The molecule has 166 valence electrons. The number of nitrogens with zero attached hydrogens (tertiary/aromatic N) is 2. The topological polar surface area (TPSA) is 86.8 Å². The Morgan fingerprint density at radius 2 is 1.90 bits per heavy atom. The highest BCUT2D eigenvalue weighted by atomic mass is 32.2. The second-order valence-electron chi connectivity index (χ2n) is 7.85. The van der Waals surface area contributed by atoms with E-state index in [2.05, 4.69) is 5.32 Å². The van der Waals surface area contributed by atoms with Gasteiger partial charge in [0.1, 0.15) is 5.82 Å². The van der Waals surface area contributed by atoms with Crippen LogP contribution in [0, 0.1) is 11.7 Å². The Bertz CT molecular complexity index is 1060. The Morgan fingerprint density at radius 3 is 2.55 bits per heavy atom. The number of anilines is 1. The van der Waals surface area contributed by atoms with Crippen molar-refractivity contribution in [1.82, 2.24) is 9.21 Å². The maximum absolute atomic E-state index is 13.2. The Hall–Kier alpha value is -2.78. The average Bonchev–Trinajstić information content (AvgIpc) is 2.73. The third-order valence-corrected chi connectivity index (χ3v) is 7.07. The molecule has 7 nitrogen and oxygen atoms in total. The maximum atomic E-state index is 13.2. The molecule has 0 aromatic heterocycles. The van der Waals surface area contributed by atoms with Crippen molar-refractivity contribution in [3.05, 3.63) is 59.9 Å². The zero-order valence-electron chi connectivity index (χ0n) is 17.5. The van der Waals surface area contributed by atoms with Crippen molar-refractivity contribution in [1.29, 1.82) is 0 Å². The quantitative estimate of drug-likeness (QED) is 0.738. The number of piperidine rings is 1. The molecule has 2 aromatic rings. The fraction of sp³-hybridized carbons (Fsp3) is 0.364. The molecule has 2 aromatic carbocycles. The molecule has 9 heteroatoms. The Morgan fingerprint density at radius 1 is 1.19 bits per heavy atom. The van der Waals surface area contributed by atoms with E-state index in [1.807, 2.05) is 6.92 Å². The van der Waals surface area contributed by atoms with Crippen LogP contribution in [0.1, 0.15) is 30.1 Å². The van der Waals surface area contributed by atoms with E-state index in [1.54, 1.807) is 6.07 Å². The fourth-order valence-electron chi connectivity index (χ4n) is 3.56. The third kappa shape index (κ3) is 5.68. The first kappa shape index (κ1) is 22.9. The normalized spacial score (nSPS) is 17.2. The van der Waals surface area contributed by atoms with E-state index >= 15 is 0 Å². The predicted molar refractivity (Wildman–Crippen MR) is 116 cm³/mol. The van der Waals surface area contributed by atoms with Gasteiger partial charge in [-0.3, -0.25) is 9.59 Å². The minimum Gasteiger partial charge on any atom is -0.332 e. The number of halogens is 1. The number of hydrogen-bond donors (Lipinski definition) is 1. The van der Waals surface area contributed by atoms with E-state index in [-0.39, 0.29) is 17.0 Å². The number of hydrogen-bond acceptors (Lipinski definition) is 4. The zero-order chi connectivity index (χ0) is 22.6. The van der Waals surface area contributed by atoms with Crippen LogP contribution >= 0.6 is 0 Å². The number of rotatable bonds is 6. The molecule has 1 N–H and O–H groups in total. The molecule has 1 atom stereocenters. The number of benzene rings is 2. The van der Waals surface area contributed by atoms with Gasteiger partial charge in [0.25, 0.3) is 5.91 Å². The lowest BCUT2D eigenvalue weighted by molar-refractivity contribution is -0.116. The molecule has 0 saturated carbocycles. The maximum Gasteiger partial charge on any atom is 0.254 e. The minimum absolute atomic E-state index is 0.143. The summed E-state index contributed by atoms with van der Waals surface area (Å²) in [7, 11) is -2.14. The second-order valence-corrected chi connectivity index (χ2v) is 9.79. The molecule has 1 heterocycles. The van der Waals surface area contributed by atoms with E-state index in [0.29, 0.717) is 24.7 Å². The van der Waals surface area contributed by atoms with Crippen LogP contribution in [0.2, 0.25) is 0 Å². The van der Waals surface area contributed by atoms with Crippen molar-refractivity contribution in [3.63, 3.8) is 0 Å². The molecule has 0 bridgehead atoms. The van der Waals surface area contributed by atoms with E-state index in [9.17, 15) is 22.4 Å². The van der Waals surface area contributed by atoms with Crippen LogP contribution in [0.15, 0.2) is 53.4 Å². The SMILES string of the molecule is CC1CCCN(S(=O)(=O)c2ccc(C(=O)N(C)CC(=O)Nc3cccc(F)c3)cc2)C1. The summed E-state index contributed by atoms with van der Waals surface area (Å²) in [5.74, 6) is -1.06. The Kier molecular flexibility index (Phi) is 7.07. The standard InChI is InChI=1S/C22H26FN3O4S/c1-16-5-4-12-26(14-16)31(29,30)20-10-8-17(9-11-20)22(28)25(2)15-21(27)24-19-7-3-6-18(23)13-19/h3,6-11,13,16H,4-5,12,14-15H2,1-2H3,(H,24,27). The highest BCUT2D eigenvalue weighted by Crippen LogP contribution is 2.23. The van der Waals surface area contributed by atoms with Gasteiger partial charge in [0.2, 0.25) is 15.9 Å². The molecule has 1 aliphatic rings. The summed E-state index contributed by atoms with van der Waals surface area (Å²) < 4.78 is 40.4. The lowest BCUT2D eigenvalue weighted by Crippen LogP contribution is -2.39. The van der Waals surface area contributed by atoms with E-state index in [1.165, 1.54) is 58.7 Å². The molecule has 1 saturated heterocycles. The van der Waals surface area contributed by atoms with Crippen LogP contribution in [0.25, 0.3) is 0 Å². The van der Waals surface area contributed by atoms with Gasteiger partial charge in [0.05, 0.1) is 11.4 Å². The number of likely N-dealkylation sites (N-methyl/N-ethyl adjacent to an activating group) is 1. The number of carbonyl (C=O) groups excluding carboxylic acids is 2. The van der Waals surface area contributed by atoms with Gasteiger partial charge in [-0.25, -0.2) is 12.8 Å². The van der Waals surface area contributed by atoms with Crippen molar-refractivity contribution in [2.45, 2.75) is 24.7 Å². The van der Waals surface area contributed by atoms with Crippen LogP contribution in [0.5, 0.6) is 0 Å². The molecule has 0 spiro atoms. The first-order chi connectivity index (χ1) is 14.7. The van der Waals surface area contributed by atoms with Gasteiger partial charge in [-0.05, 0) is 61.2 Å². The molecule has 0 aliphatic carbocycles. The van der Waals surface area contributed by atoms with Crippen molar-refractivity contribution >= 4 is 27.5 Å². The molecular weight excluding hydrogens is 421 g/mol. The largest absolute Gasteiger partial charge is 0.332 e. The van der Waals surface area contributed by atoms with Crippen molar-refractivity contribution in [3.8, 4) is 0 Å². The predicted octanol–water partition coefficient (Wildman–Crippen LogP) is 2.96. The van der Waals surface area contributed by atoms with Gasteiger partial charge >= 0.3 is 0 Å². The Labute approximate surface area is 181 Å². The fourth-order valence-corrected chi connectivity index (χ4v) is 5.16. The molecule has 1 aliphatic heterocycles. The van der Waals surface area contributed by atoms with E-state index in [4.69, 9.17) is 0 Å². The molecule has 31 heavy (non-hydrogen) atoms. The second kappa shape index (κ2) is 9.57. The summed E-state index contributed by atoms with van der Waals surface area (Å²) in [4.78, 5) is 26.1. The Balaban J connectivity index is 1.63. The van der Waals surface area contributed by atoms with Crippen LogP contribution in [0.4, 0.5) is 10.1 Å². The monoisotopic (exact) mass is 447 g/mol. The first-order valence-corrected chi connectivity index (χ1v) is 11.5. The number of carbonyl (C=O) groups is 2. The number of sulfonamides is 1. The van der Waals surface area contributed by atoms with Gasteiger partial charge in [0, 0.05) is 31.4 Å². The number of amides is 2. The van der Waals surface area contributed by atoms with Crippen LogP contribution < -0.4 is 5.32 Å². The third-order valence-electron chi connectivity index (χ3n) is 5.19. The summed E-state index contributed by atoms with van der Waals surface area (Å²) in [6, 6.07) is 11.2. The molecule has 1 unspecified atom stereocenters. The van der Waals surface area contributed by atoms with Gasteiger partial charge in [0.15, 0.2) is 0 Å². The summed E-state index contributed by atoms with van der Waals surface area (Å²) in [5, 5.41) is 2.53.